The Morgan fingerprint density at radius 1 is 1.27 bits per heavy atom. The zero-order chi connectivity index (χ0) is 21.1. The number of rotatable bonds is 7. The standard InChI is InChI=1S/C20H19FN6O3/c1-2-3-9-22-16(28)12-27-20(29)26-10-5-8-15(18(26)24-27)19-23-17(25-30-19)13-6-4-7-14(21)11-13/h4-8,10-11H,2-3,9,12H2,1H3,(H,22,28). The first kappa shape index (κ1) is 19.5. The minimum atomic E-state index is -0.456. The van der Waals surface area contributed by atoms with Gasteiger partial charge in [-0.2, -0.15) is 4.98 Å². The lowest BCUT2D eigenvalue weighted by molar-refractivity contribution is -0.121. The SMILES string of the molecule is CCCCNC(=O)Cn1nc2c(-c3nc(-c4cccc(F)c4)no3)cccn2c1=O. The molecule has 1 amide bonds. The molecule has 0 aliphatic rings. The fourth-order valence-corrected chi connectivity index (χ4v) is 2.98. The van der Waals surface area contributed by atoms with Crippen LogP contribution >= 0.6 is 0 Å². The van der Waals surface area contributed by atoms with Gasteiger partial charge < -0.3 is 9.84 Å². The van der Waals surface area contributed by atoms with Gasteiger partial charge in [0.05, 0.1) is 5.56 Å². The average molecular weight is 410 g/mol. The van der Waals surface area contributed by atoms with E-state index in [1.807, 2.05) is 6.92 Å². The lowest BCUT2D eigenvalue weighted by Gasteiger charge is -2.02. The second-order valence-corrected chi connectivity index (χ2v) is 6.69. The third-order valence-corrected chi connectivity index (χ3v) is 4.49. The highest BCUT2D eigenvalue weighted by Gasteiger charge is 2.18. The van der Waals surface area contributed by atoms with Gasteiger partial charge in [0.15, 0.2) is 5.65 Å². The number of pyridine rings is 1. The van der Waals surface area contributed by atoms with E-state index >= 15 is 0 Å². The molecule has 0 radical (unpaired) electrons. The summed E-state index contributed by atoms with van der Waals surface area (Å²) in [5.41, 5.74) is 0.708. The molecule has 0 fully saturated rings. The second kappa shape index (κ2) is 8.27. The van der Waals surface area contributed by atoms with Crippen LogP contribution in [-0.4, -0.2) is 36.8 Å². The highest BCUT2D eigenvalue weighted by Crippen LogP contribution is 2.24. The summed E-state index contributed by atoms with van der Waals surface area (Å²) >= 11 is 0. The minimum absolute atomic E-state index is 0.129. The summed E-state index contributed by atoms with van der Waals surface area (Å²) in [7, 11) is 0. The maximum atomic E-state index is 13.5. The number of nitrogens with zero attached hydrogens (tertiary/aromatic N) is 5. The summed E-state index contributed by atoms with van der Waals surface area (Å²) in [4.78, 5) is 29.0. The molecule has 9 nitrogen and oxygen atoms in total. The molecule has 1 aromatic carbocycles. The summed E-state index contributed by atoms with van der Waals surface area (Å²) in [5, 5.41) is 10.9. The van der Waals surface area contributed by atoms with Crippen LogP contribution in [0.1, 0.15) is 19.8 Å². The molecule has 0 bridgehead atoms. The molecule has 4 aromatic rings. The Bertz CT molecular complexity index is 1260. The monoisotopic (exact) mass is 410 g/mol. The first-order valence-corrected chi connectivity index (χ1v) is 9.51. The molecule has 10 heteroatoms. The number of halogens is 1. The largest absolute Gasteiger partial charge is 0.354 e. The zero-order valence-electron chi connectivity index (χ0n) is 16.2. The number of benzene rings is 1. The van der Waals surface area contributed by atoms with Crippen molar-refractivity contribution in [2.75, 3.05) is 6.54 Å². The van der Waals surface area contributed by atoms with Crippen molar-refractivity contribution in [1.82, 2.24) is 29.6 Å². The van der Waals surface area contributed by atoms with E-state index in [2.05, 4.69) is 20.6 Å². The summed E-state index contributed by atoms with van der Waals surface area (Å²) in [5.74, 6) is -0.363. The van der Waals surface area contributed by atoms with E-state index in [4.69, 9.17) is 4.52 Å². The quantitative estimate of drug-likeness (QED) is 0.469. The van der Waals surface area contributed by atoms with Crippen molar-refractivity contribution < 1.29 is 13.7 Å². The minimum Gasteiger partial charge on any atom is -0.354 e. The molecule has 154 valence electrons. The van der Waals surface area contributed by atoms with Crippen LogP contribution in [0.4, 0.5) is 4.39 Å². The fourth-order valence-electron chi connectivity index (χ4n) is 2.98. The predicted octanol–water partition coefficient (Wildman–Crippen LogP) is 2.27. The number of unbranched alkanes of at least 4 members (excludes halogenated alkanes) is 1. The maximum absolute atomic E-state index is 13.5. The zero-order valence-corrected chi connectivity index (χ0v) is 16.2. The molecule has 0 saturated carbocycles. The van der Waals surface area contributed by atoms with Gasteiger partial charge in [-0.3, -0.25) is 4.79 Å². The Balaban J connectivity index is 1.66. The summed E-state index contributed by atoms with van der Waals surface area (Å²) in [6, 6.07) is 9.15. The Kier molecular flexibility index (Phi) is 5.38. The van der Waals surface area contributed by atoms with Crippen LogP contribution in [-0.2, 0) is 11.3 Å². The van der Waals surface area contributed by atoms with Crippen LogP contribution in [0.3, 0.4) is 0 Å². The molecule has 0 saturated heterocycles. The summed E-state index contributed by atoms with van der Waals surface area (Å²) in [6.45, 7) is 2.38. The predicted molar refractivity (Wildman–Crippen MR) is 106 cm³/mol. The molecule has 0 unspecified atom stereocenters. The Morgan fingerprint density at radius 2 is 2.13 bits per heavy atom. The highest BCUT2D eigenvalue weighted by molar-refractivity contribution is 5.76. The van der Waals surface area contributed by atoms with Crippen LogP contribution in [0.15, 0.2) is 51.9 Å². The van der Waals surface area contributed by atoms with E-state index in [1.54, 1.807) is 30.5 Å². The van der Waals surface area contributed by atoms with E-state index in [-0.39, 0.29) is 29.8 Å². The first-order valence-electron chi connectivity index (χ1n) is 9.51. The number of aromatic nitrogens is 5. The molecular weight excluding hydrogens is 391 g/mol. The van der Waals surface area contributed by atoms with Gasteiger partial charge in [0.25, 0.3) is 5.89 Å². The van der Waals surface area contributed by atoms with Gasteiger partial charge in [0, 0.05) is 18.3 Å². The van der Waals surface area contributed by atoms with E-state index in [0.717, 1.165) is 17.5 Å². The van der Waals surface area contributed by atoms with Crippen LogP contribution in [0, 0.1) is 5.82 Å². The number of fused-ring (bicyclic) bond motifs is 1. The van der Waals surface area contributed by atoms with E-state index in [1.165, 1.54) is 16.5 Å². The summed E-state index contributed by atoms with van der Waals surface area (Å²) in [6.07, 6.45) is 3.37. The number of carbonyl (C=O) groups is 1. The van der Waals surface area contributed by atoms with Crippen molar-refractivity contribution >= 4 is 11.6 Å². The highest BCUT2D eigenvalue weighted by atomic mass is 19.1. The van der Waals surface area contributed by atoms with Crippen molar-refractivity contribution in [3.05, 3.63) is 58.9 Å². The topological polar surface area (TPSA) is 107 Å². The second-order valence-electron chi connectivity index (χ2n) is 6.69. The van der Waals surface area contributed by atoms with Crippen molar-refractivity contribution in [2.45, 2.75) is 26.3 Å². The molecule has 0 aliphatic carbocycles. The molecule has 0 spiro atoms. The first-order chi connectivity index (χ1) is 14.6. The molecule has 3 heterocycles. The van der Waals surface area contributed by atoms with Crippen LogP contribution < -0.4 is 11.0 Å². The third-order valence-electron chi connectivity index (χ3n) is 4.49. The summed E-state index contributed by atoms with van der Waals surface area (Å²) < 4.78 is 21.2. The number of carbonyl (C=O) groups excluding carboxylic acids is 1. The van der Waals surface area contributed by atoms with Gasteiger partial charge in [0.1, 0.15) is 12.4 Å². The Morgan fingerprint density at radius 3 is 2.93 bits per heavy atom. The lowest BCUT2D eigenvalue weighted by Crippen LogP contribution is -2.33. The molecule has 1 N–H and O–H groups in total. The Labute approximate surface area is 170 Å². The maximum Gasteiger partial charge on any atom is 0.350 e. The van der Waals surface area contributed by atoms with Crippen molar-refractivity contribution in [2.24, 2.45) is 0 Å². The lowest BCUT2D eigenvalue weighted by atomic mass is 10.2. The van der Waals surface area contributed by atoms with Crippen LogP contribution in [0.25, 0.3) is 28.5 Å². The smallest absolute Gasteiger partial charge is 0.350 e. The van der Waals surface area contributed by atoms with Crippen molar-refractivity contribution in [3.8, 4) is 22.8 Å². The van der Waals surface area contributed by atoms with Gasteiger partial charge in [-0.05, 0) is 30.7 Å². The van der Waals surface area contributed by atoms with Gasteiger partial charge in [0.2, 0.25) is 11.7 Å². The third kappa shape index (κ3) is 3.84. The van der Waals surface area contributed by atoms with E-state index < -0.39 is 11.5 Å². The molecule has 4 rings (SSSR count). The molecule has 0 atom stereocenters. The van der Waals surface area contributed by atoms with Crippen LogP contribution in [0.5, 0.6) is 0 Å². The van der Waals surface area contributed by atoms with Gasteiger partial charge in [-0.15, -0.1) is 5.10 Å². The molecular formula is C20H19FN6O3. The number of hydrogen-bond acceptors (Lipinski definition) is 6. The van der Waals surface area contributed by atoms with Gasteiger partial charge >= 0.3 is 5.69 Å². The Hall–Kier alpha value is -3.82. The van der Waals surface area contributed by atoms with Crippen molar-refractivity contribution in [3.63, 3.8) is 0 Å². The van der Waals surface area contributed by atoms with Crippen molar-refractivity contribution in [1.29, 1.82) is 0 Å². The van der Waals surface area contributed by atoms with Gasteiger partial charge in [-0.1, -0.05) is 30.6 Å². The molecule has 30 heavy (non-hydrogen) atoms. The number of nitrogens with one attached hydrogen (secondary N) is 1. The number of amides is 1. The van der Waals surface area contributed by atoms with Gasteiger partial charge in [-0.25, -0.2) is 18.3 Å². The van der Waals surface area contributed by atoms with Crippen LogP contribution in [0.2, 0.25) is 0 Å². The average Bonchev–Trinajstić information content (AvgIpc) is 3.34. The van der Waals surface area contributed by atoms with E-state index in [9.17, 15) is 14.0 Å². The normalized spacial score (nSPS) is 11.1. The fraction of sp³-hybridized carbons (Fsp3) is 0.250. The van der Waals surface area contributed by atoms with E-state index in [0.29, 0.717) is 17.7 Å². The molecule has 0 aliphatic heterocycles. The number of hydrogen-bond donors (Lipinski definition) is 1. The molecule has 3 aromatic heterocycles.